The normalized spacial score (nSPS) is 10.9. The van der Waals surface area contributed by atoms with E-state index in [-0.39, 0.29) is 4.88 Å². The van der Waals surface area contributed by atoms with Gasteiger partial charge in [-0.05, 0) is 24.3 Å². The van der Waals surface area contributed by atoms with Gasteiger partial charge >= 0.3 is 11.9 Å². The van der Waals surface area contributed by atoms with Gasteiger partial charge in [0.25, 0.3) is 5.91 Å². The van der Waals surface area contributed by atoms with E-state index in [1.54, 1.807) is 18.2 Å². The number of esters is 2. The molecule has 1 N–H and O–H groups in total. The molecule has 4 aromatic rings. The van der Waals surface area contributed by atoms with Crippen LogP contribution in [0.3, 0.4) is 0 Å². The minimum Gasteiger partial charge on any atom is -0.465 e. The van der Waals surface area contributed by atoms with Gasteiger partial charge in [-0.1, -0.05) is 41.1 Å². The van der Waals surface area contributed by atoms with Gasteiger partial charge in [-0.15, -0.1) is 11.3 Å². The number of nitrogens with one attached hydrogen (secondary N) is 1. The Hall–Kier alpha value is -3.01. The lowest BCUT2D eigenvalue weighted by Gasteiger charge is -2.03. The van der Waals surface area contributed by atoms with Gasteiger partial charge in [0.1, 0.15) is 4.88 Å². The smallest absolute Gasteiger partial charge is 0.350 e. The Bertz CT molecular complexity index is 1300. The second-order valence-electron chi connectivity index (χ2n) is 6.06. The molecule has 0 radical (unpaired) electrons. The lowest BCUT2D eigenvalue weighted by Crippen LogP contribution is -2.20. The van der Waals surface area contributed by atoms with Gasteiger partial charge in [-0.3, -0.25) is 10.1 Å². The molecule has 7 nitrogen and oxygen atoms in total. The van der Waals surface area contributed by atoms with Crippen LogP contribution in [0.5, 0.6) is 0 Å². The highest BCUT2D eigenvalue weighted by Gasteiger charge is 2.19. The van der Waals surface area contributed by atoms with E-state index in [2.05, 4.69) is 10.3 Å². The van der Waals surface area contributed by atoms with Crippen LogP contribution in [0.1, 0.15) is 20.0 Å². The summed E-state index contributed by atoms with van der Waals surface area (Å²) in [6, 6.07) is 12.2. The number of thiophene rings is 1. The molecule has 0 atom stereocenters. The third-order valence-corrected chi connectivity index (χ3v) is 6.70. The number of methoxy groups -OCH3 is 1. The molecule has 1 amide bonds. The maximum Gasteiger partial charge on any atom is 0.350 e. The first-order valence-corrected chi connectivity index (χ1v) is 10.6. The highest BCUT2D eigenvalue weighted by molar-refractivity contribution is 7.22. The van der Waals surface area contributed by atoms with Crippen molar-refractivity contribution < 1.29 is 23.9 Å². The third-order valence-electron chi connectivity index (χ3n) is 4.11. The SMILES string of the molecule is COC(=O)c1ccc2nc(NC(=O)COC(=O)c3sc4ccccc4c3Cl)sc2c1. The zero-order chi connectivity index (χ0) is 21.3. The van der Waals surface area contributed by atoms with E-state index < -0.39 is 24.5 Å². The number of halogens is 1. The van der Waals surface area contributed by atoms with E-state index in [4.69, 9.17) is 21.1 Å². The predicted molar refractivity (Wildman–Crippen MR) is 117 cm³/mol. The number of hydrogen-bond acceptors (Lipinski definition) is 8. The Labute approximate surface area is 183 Å². The lowest BCUT2D eigenvalue weighted by atomic mass is 10.2. The van der Waals surface area contributed by atoms with E-state index in [1.165, 1.54) is 29.8 Å². The summed E-state index contributed by atoms with van der Waals surface area (Å²) in [6.07, 6.45) is 0. The average Bonchev–Trinajstić information content (AvgIpc) is 3.31. The number of ether oxygens (including phenoxy) is 2. The summed E-state index contributed by atoms with van der Waals surface area (Å²) in [5.74, 6) is -1.65. The summed E-state index contributed by atoms with van der Waals surface area (Å²) < 4.78 is 11.4. The zero-order valence-electron chi connectivity index (χ0n) is 15.4. The standard InChI is InChI=1S/C20H13ClN2O5S2/c1-27-18(25)10-6-7-12-14(8-10)30-20(22-12)23-15(24)9-28-19(26)17-16(21)11-4-2-3-5-13(11)29-17/h2-8H,9H2,1H3,(H,22,23,24). The average molecular weight is 461 g/mol. The van der Waals surface area contributed by atoms with Gasteiger partial charge in [0.15, 0.2) is 11.7 Å². The number of nitrogens with zero attached hydrogens (tertiary/aromatic N) is 1. The number of benzene rings is 2. The summed E-state index contributed by atoms with van der Waals surface area (Å²) in [5.41, 5.74) is 1.01. The Kier molecular flexibility index (Phi) is 5.67. The molecular weight excluding hydrogens is 448 g/mol. The molecule has 2 aromatic carbocycles. The van der Waals surface area contributed by atoms with Crippen molar-refractivity contribution in [1.29, 1.82) is 0 Å². The fourth-order valence-electron chi connectivity index (χ4n) is 2.72. The molecule has 30 heavy (non-hydrogen) atoms. The summed E-state index contributed by atoms with van der Waals surface area (Å²) in [6.45, 7) is -0.479. The Morgan fingerprint density at radius 2 is 1.87 bits per heavy atom. The maximum absolute atomic E-state index is 12.3. The van der Waals surface area contributed by atoms with Crippen LogP contribution in [0.25, 0.3) is 20.3 Å². The van der Waals surface area contributed by atoms with Crippen molar-refractivity contribution in [3.8, 4) is 0 Å². The number of aromatic nitrogens is 1. The molecule has 152 valence electrons. The van der Waals surface area contributed by atoms with Gasteiger partial charge in [0, 0.05) is 10.1 Å². The third kappa shape index (κ3) is 4.00. The molecule has 2 heterocycles. The second-order valence-corrected chi connectivity index (χ2v) is 8.52. The number of anilines is 1. The van der Waals surface area contributed by atoms with Gasteiger partial charge in [0.05, 0.1) is 27.9 Å². The van der Waals surface area contributed by atoms with Crippen molar-refractivity contribution in [2.24, 2.45) is 0 Å². The van der Waals surface area contributed by atoms with E-state index >= 15 is 0 Å². The predicted octanol–water partition coefficient (Wildman–Crippen LogP) is 4.75. The monoisotopic (exact) mass is 460 g/mol. The van der Waals surface area contributed by atoms with Crippen molar-refractivity contribution in [3.63, 3.8) is 0 Å². The molecule has 10 heteroatoms. The highest BCUT2D eigenvalue weighted by atomic mass is 35.5. The molecular formula is C20H13ClN2O5S2. The van der Waals surface area contributed by atoms with Crippen LogP contribution in [-0.4, -0.2) is 36.5 Å². The van der Waals surface area contributed by atoms with Crippen LogP contribution >= 0.6 is 34.3 Å². The van der Waals surface area contributed by atoms with Crippen molar-refractivity contribution >= 4 is 77.6 Å². The number of thiazole rings is 1. The molecule has 2 aromatic heterocycles. The molecule has 4 rings (SSSR count). The molecule has 0 aliphatic heterocycles. The maximum atomic E-state index is 12.3. The van der Waals surface area contributed by atoms with E-state index in [9.17, 15) is 14.4 Å². The molecule has 0 fully saturated rings. The molecule has 0 saturated carbocycles. The van der Waals surface area contributed by atoms with Crippen molar-refractivity contribution in [1.82, 2.24) is 4.98 Å². The number of fused-ring (bicyclic) bond motifs is 2. The van der Waals surface area contributed by atoms with Crippen LogP contribution in [0.15, 0.2) is 42.5 Å². The minimum absolute atomic E-state index is 0.251. The summed E-state index contributed by atoms with van der Waals surface area (Å²) in [7, 11) is 1.30. The first kappa shape index (κ1) is 20.3. The van der Waals surface area contributed by atoms with Gasteiger partial charge in [-0.25, -0.2) is 14.6 Å². The molecule has 0 unspecified atom stereocenters. The highest BCUT2D eigenvalue weighted by Crippen LogP contribution is 2.35. The van der Waals surface area contributed by atoms with Gasteiger partial charge in [0.2, 0.25) is 0 Å². The topological polar surface area (TPSA) is 94.6 Å². The second kappa shape index (κ2) is 8.39. The van der Waals surface area contributed by atoms with Gasteiger partial charge in [-0.2, -0.15) is 0 Å². The fraction of sp³-hybridized carbons (Fsp3) is 0.100. The zero-order valence-corrected chi connectivity index (χ0v) is 17.8. The first-order chi connectivity index (χ1) is 14.5. The summed E-state index contributed by atoms with van der Waals surface area (Å²) in [5, 5.41) is 3.99. The van der Waals surface area contributed by atoms with Crippen LogP contribution < -0.4 is 5.32 Å². The van der Waals surface area contributed by atoms with Crippen LogP contribution in [0.4, 0.5) is 5.13 Å². The Balaban J connectivity index is 1.41. The van der Waals surface area contributed by atoms with E-state index in [0.717, 1.165) is 10.1 Å². The minimum atomic E-state index is -0.664. The largest absolute Gasteiger partial charge is 0.465 e. The van der Waals surface area contributed by atoms with Crippen LogP contribution in [0, 0.1) is 0 Å². The lowest BCUT2D eigenvalue weighted by molar-refractivity contribution is -0.119. The number of carbonyl (C=O) groups is 3. The van der Waals surface area contributed by atoms with Crippen molar-refractivity contribution in [2.75, 3.05) is 19.0 Å². The fourth-order valence-corrected chi connectivity index (χ4v) is 5.04. The quantitative estimate of drug-likeness (QED) is 0.432. The number of hydrogen-bond donors (Lipinski definition) is 1. The first-order valence-electron chi connectivity index (χ1n) is 8.59. The van der Waals surface area contributed by atoms with Gasteiger partial charge < -0.3 is 9.47 Å². The molecule has 0 aliphatic carbocycles. The van der Waals surface area contributed by atoms with E-state index in [0.29, 0.717) is 25.9 Å². The molecule has 0 saturated heterocycles. The van der Waals surface area contributed by atoms with Crippen LogP contribution in [-0.2, 0) is 14.3 Å². The Morgan fingerprint density at radius 1 is 1.07 bits per heavy atom. The molecule has 0 aliphatic rings. The number of amides is 1. The molecule has 0 spiro atoms. The summed E-state index contributed by atoms with van der Waals surface area (Å²) >= 11 is 8.66. The number of carbonyl (C=O) groups excluding carboxylic acids is 3. The summed E-state index contributed by atoms with van der Waals surface area (Å²) in [4.78, 5) is 40.7. The number of rotatable bonds is 5. The van der Waals surface area contributed by atoms with Crippen molar-refractivity contribution in [2.45, 2.75) is 0 Å². The molecule has 0 bridgehead atoms. The van der Waals surface area contributed by atoms with E-state index in [1.807, 2.05) is 24.3 Å². The van der Waals surface area contributed by atoms with Crippen molar-refractivity contribution in [3.05, 3.63) is 57.9 Å². The van der Waals surface area contributed by atoms with Crippen LogP contribution in [0.2, 0.25) is 5.02 Å². The Morgan fingerprint density at radius 3 is 2.63 bits per heavy atom.